The number of hydrogen-bond acceptors (Lipinski definition) is 2. The Kier molecular flexibility index (Phi) is 3.99. The van der Waals surface area contributed by atoms with E-state index in [1.165, 1.54) is 11.1 Å². The molecule has 0 amide bonds. The quantitative estimate of drug-likeness (QED) is 0.752. The van der Waals surface area contributed by atoms with Gasteiger partial charge in [-0.1, -0.05) is 42.5 Å². The minimum atomic E-state index is 0.550. The maximum atomic E-state index is 5.42. The van der Waals surface area contributed by atoms with Gasteiger partial charge in [-0.15, -0.1) is 0 Å². The molecule has 0 spiro atoms. The summed E-state index contributed by atoms with van der Waals surface area (Å²) in [5.41, 5.74) is 2.97. The zero-order valence-electron chi connectivity index (χ0n) is 11.3. The van der Waals surface area contributed by atoms with Crippen LogP contribution < -0.4 is 0 Å². The van der Waals surface area contributed by atoms with E-state index in [1.807, 2.05) is 0 Å². The first-order valence-electron chi connectivity index (χ1n) is 7.16. The van der Waals surface area contributed by atoms with E-state index in [1.54, 1.807) is 0 Å². The van der Waals surface area contributed by atoms with Crippen LogP contribution in [0, 0.1) is 0 Å². The van der Waals surface area contributed by atoms with Gasteiger partial charge in [0, 0.05) is 19.0 Å². The summed E-state index contributed by atoms with van der Waals surface area (Å²) in [5.74, 6) is 0.550. The molecule has 1 atom stereocenters. The van der Waals surface area contributed by atoms with Gasteiger partial charge in [-0.2, -0.15) is 0 Å². The van der Waals surface area contributed by atoms with Crippen molar-refractivity contribution in [2.45, 2.75) is 18.8 Å². The molecular weight excluding hydrogens is 234 g/mol. The van der Waals surface area contributed by atoms with Crippen LogP contribution in [0.4, 0.5) is 0 Å². The van der Waals surface area contributed by atoms with Crippen LogP contribution in [-0.2, 0) is 4.74 Å². The first-order chi connectivity index (χ1) is 9.43. The topological polar surface area (TPSA) is 12.5 Å². The van der Waals surface area contributed by atoms with Crippen molar-refractivity contribution in [1.29, 1.82) is 0 Å². The van der Waals surface area contributed by atoms with Crippen LogP contribution in [0.3, 0.4) is 0 Å². The van der Waals surface area contributed by atoms with Gasteiger partial charge in [0.05, 0.1) is 13.2 Å². The summed E-state index contributed by atoms with van der Waals surface area (Å²) in [6.07, 6.45) is 9.20. The van der Waals surface area contributed by atoms with Crippen molar-refractivity contribution >= 4 is 0 Å². The van der Waals surface area contributed by atoms with Crippen LogP contribution in [0.25, 0.3) is 0 Å². The molecule has 1 saturated heterocycles. The molecule has 1 aromatic carbocycles. The van der Waals surface area contributed by atoms with Gasteiger partial charge in [0.2, 0.25) is 0 Å². The van der Waals surface area contributed by atoms with Gasteiger partial charge in [0.15, 0.2) is 0 Å². The summed E-state index contributed by atoms with van der Waals surface area (Å²) >= 11 is 0. The Hall–Kier alpha value is -1.54. The average Bonchev–Trinajstić information content (AvgIpc) is 2.50. The lowest BCUT2D eigenvalue weighted by Crippen LogP contribution is -2.32. The summed E-state index contributed by atoms with van der Waals surface area (Å²) in [4.78, 5) is 2.41. The maximum Gasteiger partial charge on any atom is 0.0642 e. The third-order valence-corrected chi connectivity index (χ3v) is 3.94. The third kappa shape index (κ3) is 3.07. The zero-order chi connectivity index (χ0) is 12.9. The van der Waals surface area contributed by atoms with E-state index in [0.29, 0.717) is 5.92 Å². The third-order valence-electron chi connectivity index (χ3n) is 3.94. The second kappa shape index (κ2) is 6.07. The summed E-state index contributed by atoms with van der Waals surface area (Å²) < 4.78 is 5.42. The number of allylic oxidation sites excluding steroid dienone is 3. The maximum absolute atomic E-state index is 5.42. The lowest BCUT2D eigenvalue weighted by atomic mass is 9.83. The van der Waals surface area contributed by atoms with E-state index in [-0.39, 0.29) is 0 Å². The molecule has 1 unspecified atom stereocenters. The monoisotopic (exact) mass is 255 g/mol. The summed E-state index contributed by atoms with van der Waals surface area (Å²) in [6, 6.07) is 10.9. The molecule has 2 nitrogen and oxygen atoms in total. The van der Waals surface area contributed by atoms with Gasteiger partial charge >= 0.3 is 0 Å². The SMILES string of the molecule is C1=CCC(c2ccccc2)/C(=C/N2CCOCC2)C1. The second-order valence-corrected chi connectivity index (χ2v) is 5.23. The van der Waals surface area contributed by atoms with Crippen LogP contribution in [0.5, 0.6) is 0 Å². The Morgan fingerprint density at radius 3 is 2.63 bits per heavy atom. The molecule has 1 aromatic rings. The van der Waals surface area contributed by atoms with Gasteiger partial charge in [-0.25, -0.2) is 0 Å². The molecule has 1 aliphatic heterocycles. The van der Waals surface area contributed by atoms with Crippen molar-refractivity contribution in [1.82, 2.24) is 4.90 Å². The Morgan fingerprint density at radius 1 is 1.05 bits per heavy atom. The first kappa shape index (κ1) is 12.5. The minimum absolute atomic E-state index is 0.550. The Morgan fingerprint density at radius 2 is 1.84 bits per heavy atom. The lowest BCUT2D eigenvalue weighted by Gasteiger charge is -2.29. The molecule has 3 rings (SSSR count). The number of nitrogens with zero attached hydrogens (tertiary/aromatic N) is 1. The molecular formula is C17H21NO. The van der Waals surface area contributed by atoms with Crippen molar-refractivity contribution < 1.29 is 4.74 Å². The highest BCUT2D eigenvalue weighted by Gasteiger charge is 2.19. The van der Waals surface area contributed by atoms with Crippen LogP contribution >= 0.6 is 0 Å². The highest BCUT2D eigenvalue weighted by molar-refractivity contribution is 5.33. The van der Waals surface area contributed by atoms with Gasteiger partial charge in [-0.05, 0) is 30.2 Å². The number of ether oxygens (including phenoxy) is 1. The lowest BCUT2D eigenvalue weighted by molar-refractivity contribution is 0.0588. The predicted molar refractivity (Wildman–Crippen MR) is 78.0 cm³/mol. The Bertz CT molecular complexity index is 457. The van der Waals surface area contributed by atoms with E-state index in [9.17, 15) is 0 Å². The van der Waals surface area contributed by atoms with E-state index in [0.717, 1.165) is 39.1 Å². The number of hydrogen-bond donors (Lipinski definition) is 0. The van der Waals surface area contributed by atoms with E-state index in [4.69, 9.17) is 4.74 Å². The van der Waals surface area contributed by atoms with Crippen molar-refractivity contribution in [3.63, 3.8) is 0 Å². The largest absolute Gasteiger partial charge is 0.378 e. The molecule has 2 heteroatoms. The Labute approximate surface area is 115 Å². The van der Waals surface area contributed by atoms with Gasteiger partial charge in [-0.3, -0.25) is 0 Å². The normalized spacial score (nSPS) is 25.8. The first-order valence-corrected chi connectivity index (χ1v) is 7.16. The fourth-order valence-corrected chi connectivity index (χ4v) is 2.86. The summed E-state index contributed by atoms with van der Waals surface area (Å²) in [7, 11) is 0. The van der Waals surface area contributed by atoms with Crippen molar-refractivity contribution in [2.75, 3.05) is 26.3 Å². The molecule has 0 N–H and O–H groups in total. The number of benzene rings is 1. The molecule has 100 valence electrons. The molecule has 0 radical (unpaired) electrons. The highest BCUT2D eigenvalue weighted by atomic mass is 16.5. The van der Waals surface area contributed by atoms with Gasteiger partial charge < -0.3 is 9.64 Å². The van der Waals surface area contributed by atoms with E-state index >= 15 is 0 Å². The summed E-state index contributed by atoms with van der Waals surface area (Å²) in [5, 5.41) is 0. The molecule has 1 heterocycles. The van der Waals surface area contributed by atoms with Crippen molar-refractivity contribution in [3.05, 3.63) is 59.8 Å². The standard InChI is InChI=1S/C17H21NO/c1-2-6-15(7-3-1)17-9-5-4-8-16(17)14-18-10-12-19-13-11-18/h1-7,14,17H,8-13H2/b16-14+. The molecule has 2 aliphatic rings. The molecule has 0 saturated carbocycles. The number of rotatable bonds is 2. The molecule has 0 bridgehead atoms. The van der Waals surface area contributed by atoms with Crippen LogP contribution in [0.2, 0.25) is 0 Å². The summed E-state index contributed by atoms with van der Waals surface area (Å²) in [6.45, 7) is 3.76. The van der Waals surface area contributed by atoms with Crippen LogP contribution in [0.1, 0.15) is 24.3 Å². The Balaban J connectivity index is 1.81. The average molecular weight is 255 g/mol. The van der Waals surface area contributed by atoms with E-state index < -0.39 is 0 Å². The molecule has 1 aliphatic carbocycles. The zero-order valence-corrected chi connectivity index (χ0v) is 11.3. The molecule has 19 heavy (non-hydrogen) atoms. The second-order valence-electron chi connectivity index (χ2n) is 5.23. The van der Waals surface area contributed by atoms with Gasteiger partial charge in [0.1, 0.15) is 0 Å². The van der Waals surface area contributed by atoms with Gasteiger partial charge in [0.25, 0.3) is 0 Å². The van der Waals surface area contributed by atoms with Crippen molar-refractivity contribution in [3.8, 4) is 0 Å². The predicted octanol–water partition coefficient (Wildman–Crippen LogP) is 3.34. The molecule has 0 aromatic heterocycles. The fourth-order valence-electron chi connectivity index (χ4n) is 2.86. The van der Waals surface area contributed by atoms with E-state index in [2.05, 4.69) is 53.6 Å². The highest BCUT2D eigenvalue weighted by Crippen LogP contribution is 2.34. The number of morpholine rings is 1. The smallest absolute Gasteiger partial charge is 0.0642 e. The van der Waals surface area contributed by atoms with Crippen molar-refractivity contribution in [2.24, 2.45) is 0 Å². The van der Waals surface area contributed by atoms with Crippen LogP contribution in [0.15, 0.2) is 54.3 Å². The fraction of sp³-hybridized carbons (Fsp3) is 0.412. The minimum Gasteiger partial charge on any atom is -0.378 e. The van der Waals surface area contributed by atoms with Crippen LogP contribution in [-0.4, -0.2) is 31.2 Å². The molecule has 1 fully saturated rings.